The summed E-state index contributed by atoms with van der Waals surface area (Å²) in [5.41, 5.74) is 7.64. The Morgan fingerprint density at radius 3 is 2.13 bits per heavy atom. The van der Waals surface area contributed by atoms with Crippen molar-refractivity contribution in [1.82, 2.24) is 9.88 Å². The van der Waals surface area contributed by atoms with Gasteiger partial charge in [-0.2, -0.15) is 13.2 Å². The number of allylic oxidation sites excluding steroid dienone is 2. The van der Waals surface area contributed by atoms with Gasteiger partial charge < -0.3 is 10.6 Å². The van der Waals surface area contributed by atoms with Crippen LogP contribution in [0.5, 0.6) is 0 Å². The molecule has 1 aromatic carbocycles. The van der Waals surface area contributed by atoms with Gasteiger partial charge in [-0.25, -0.2) is 4.98 Å². The van der Waals surface area contributed by atoms with Crippen LogP contribution in [-0.2, 0) is 15.6 Å². The van der Waals surface area contributed by atoms with Crippen LogP contribution < -0.4 is 5.73 Å². The number of halogens is 3. The zero-order valence-corrected chi connectivity index (χ0v) is 24.2. The average Bonchev–Trinajstić information content (AvgIpc) is 3.31. The van der Waals surface area contributed by atoms with E-state index in [1.165, 1.54) is 22.9 Å². The monoisotopic (exact) mass is 548 g/mol. The van der Waals surface area contributed by atoms with E-state index in [0.717, 1.165) is 29.5 Å². The predicted octanol–water partition coefficient (Wildman–Crippen LogP) is 6.98. The molecule has 2 N–H and O–H groups in total. The van der Waals surface area contributed by atoms with Crippen molar-refractivity contribution in [2.75, 3.05) is 19.6 Å². The van der Waals surface area contributed by atoms with E-state index in [-0.39, 0.29) is 29.0 Å². The minimum absolute atomic E-state index is 0.0271. The van der Waals surface area contributed by atoms with Crippen molar-refractivity contribution in [1.29, 1.82) is 0 Å². The van der Waals surface area contributed by atoms with Gasteiger partial charge >= 0.3 is 6.18 Å². The SMILES string of the molecule is CC(C=C(N)C(F)(F)F)=NCC(=O)N1CCC(c2cnc(-c3cc(C(C)(C)C)cc(C(C)(C)C)c3)s2)CC1. The number of thiazole rings is 1. The Morgan fingerprint density at radius 1 is 1.08 bits per heavy atom. The van der Waals surface area contributed by atoms with Crippen molar-refractivity contribution in [2.45, 2.75) is 84.2 Å². The van der Waals surface area contributed by atoms with Gasteiger partial charge in [-0.1, -0.05) is 47.6 Å². The first-order chi connectivity index (χ1) is 17.4. The van der Waals surface area contributed by atoms with Crippen LogP contribution in [0.3, 0.4) is 0 Å². The molecule has 1 fully saturated rings. The minimum atomic E-state index is -4.61. The summed E-state index contributed by atoms with van der Waals surface area (Å²) in [6.07, 6.45) is -0.266. The highest BCUT2D eigenvalue weighted by atomic mass is 32.1. The van der Waals surface area contributed by atoms with Crippen LogP contribution in [0.15, 0.2) is 41.2 Å². The van der Waals surface area contributed by atoms with Crippen LogP contribution >= 0.6 is 11.3 Å². The lowest BCUT2D eigenvalue weighted by Gasteiger charge is -2.31. The molecule has 0 bridgehead atoms. The first-order valence-electron chi connectivity index (χ1n) is 12.9. The number of carbonyl (C=O) groups is 1. The normalized spacial score (nSPS) is 16.7. The molecule has 1 saturated heterocycles. The topological polar surface area (TPSA) is 71.6 Å². The number of piperidine rings is 1. The summed E-state index contributed by atoms with van der Waals surface area (Å²) in [5.74, 6) is 0.124. The number of alkyl halides is 3. The Bertz CT molecular complexity index is 1180. The number of amides is 1. The Kier molecular flexibility index (Phi) is 8.81. The van der Waals surface area contributed by atoms with Gasteiger partial charge in [0.15, 0.2) is 0 Å². The number of hydrogen-bond acceptors (Lipinski definition) is 5. The molecule has 1 aliphatic rings. The Hall–Kier alpha value is -2.68. The summed E-state index contributed by atoms with van der Waals surface area (Å²) in [7, 11) is 0. The molecule has 1 aromatic heterocycles. The van der Waals surface area contributed by atoms with Crippen molar-refractivity contribution in [3.8, 4) is 10.6 Å². The molecule has 0 aliphatic carbocycles. The predicted molar refractivity (Wildman–Crippen MR) is 150 cm³/mol. The van der Waals surface area contributed by atoms with E-state index in [1.807, 2.05) is 6.20 Å². The van der Waals surface area contributed by atoms with Crippen molar-refractivity contribution < 1.29 is 18.0 Å². The summed E-state index contributed by atoms with van der Waals surface area (Å²) in [6.45, 7) is 15.7. The smallest absolute Gasteiger partial charge is 0.395 e. The molecule has 0 saturated carbocycles. The number of likely N-dealkylation sites (tertiary alicyclic amines) is 1. The molecular weight excluding hydrogens is 509 g/mol. The fourth-order valence-corrected chi connectivity index (χ4v) is 5.36. The zero-order valence-electron chi connectivity index (χ0n) is 23.4. The van der Waals surface area contributed by atoms with Crippen LogP contribution in [0.1, 0.15) is 83.2 Å². The molecule has 38 heavy (non-hydrogen) atoms. The van der Waals surface area contributed by atoms with Gasteiger partial charge in [-0.15, -0.1) is 11.3 Å². The van der Waals surface area contributed by atoms with Gasteiger partial charge in [0.05, 0.1) is 0 Å². The van der Waals surface area contributed by atoms with Crippen LogP contribution in [0.25, 0.3) is 10.6 Å². The van der Waals surface area contributed by atoms with E-state index >= 15 is 0 Å². The third-order valence-electron chi connectivity index (χ3n) is 6.84. The number of carbonyl (C=O) groups excluding carboxylic acids is 1. The second-order valence-electron chi connectivity index (χ2n) is 12.1. The maximum Gasteiger partial charge on any atom is 0.430 e. The van der Waals surface area contributed by atoms with Gasteiger partial charge in [-0.3, -0.25) is 9.79 Å². The third kappa shape index (κ3) is 7.68. The van der Waals surface area contributed by atoms with E-state index in [2.05, 4.69) is 64.7 Å². The first kappa shape index (κ1) is 29.9. The molecule has 0 spiro atoms. The standard InChI is InChI=1S/C29H39F3N4OS/c1-18(12-24(33)29(30,31)32)34-17-25(37)36-10-8-19(9-11-36)23-16-35-26(38-23)20-13-21(27(2,3)4)15-22(14-20)28(5,6)7/h12-16,19H,8-11,17,33H2,1-7H3. The van der Waals surface area contributed by atoms with Crippen LogP contribution in [0.2, 0.25) is 0 Å². The molecule has 0 radical (unpaired) electrons. The van der Waals surface area contributed by atoms with E-state index in [0.29, 0.717) is 19.0 Å². The van der Waals surface area contributed by atoms with Gasteiger partial charge in [0.2, 0.25) is 5.91 Å². The number of aromatic nitrogens is 1. The molecular formula is C29H39F3N4OS. The summed E-state index contributed by atoms with van der Waals surface area (Å²) in [6, 6.07) is 6.80. The number of benzene rings is 1. The Labute approximate surface area is 228 Å². The van der Waals surface area contributed by atoms with E-state index < -0.39 is 11.9 Å². The second kappa shape index (κ2) is 11.2. The summed E-state index contributed by atoms with van der Waals surface area (Å²) < 4.78 is 37.7. The van der Waals surface area contributed by atoms with Crippen LogP contribution in [0, 0.1) is 0 Å². The Balaban J connectivity index is 1.67. The largest absolute Gasteiger partial charge is 0.430 e. The highest BCUT2D eigenvalue weighted by molar-refractivity contribution is 7.15. The molecule has 2 heterocycles. The first-order valence-corrected chi connectivity index (χ1v) is 13.7. The summed E-state index contributed by atoms with van der Waals surface area (Å²) in [4.78, 5) is 24.3. The van der Waals surface area contributed by atoms with Crippen LogP contribution in [-0.4, -0.2) is 47.3 Å². The maximum absolute atomic E-state index is 12.6. The number of rotatable bonds is 5. The fourth-order valence-electron chi connectivity index (χ4n) is 4.28. The molecule has 208 valence electrons. The van der Waals surface area contributed by atoms with Gasteiger partial charge in [0, 0.05) is 35.4 Å². The lowest BCUT2D eigenvalue weighted by atomic mass is 9.79. The molecule has 0 unspecified atom stereocenters. The molecule has 0 atom stereocenters. The van der Waals surface area contributed by atoms with E-state index in [1.54, 1.807) is 16.2 Å². The van der Waals surface area contributed by atoms with Crippen molar-refractivity contribution in [2.24, 2.45) is 10.7 Å². The molecule has 2 aromatic rings. The highest BCUT2D eigenvalue weighted by Gasteiger charge is 2.31. The Morgan fingerprint density at radius 2 is 1.63 bits per heavy atom. The van der Waals surface area contributed by atoms with Gasteiger partial charge in [0.25, 0.3) is 0 Å². The molecule has 1 amide bonds. The molecule has 5 nitrogen and oxygen atoms in total. The van der Waals surface area contributed by atoms with Gasteiger partial charge in [-0.05, 0) is 65.8 Å². The summed E-state index contributed by atoms with van der Waals surface area (Å²) in [5, 5.41) is 1.01. The van der Waals surface area contributed by atoms with Crippen LogP contribution in [0.4, 0.5) is 13.2 Å². The van der Waals surface area contributed by atoms with E-state index in [4.69, 9.17) is 10.7 Å². The van der Waals surface area contributed by atoms with Crippen molar-refractivity contribution in [3.05, 3.63) is 52.2 Å². The quantitative estimate of drug-likeness (QED) is 0.410. The number of nitrogens with two attached hydrogens (primary N) is 1. The second-order valence-corrected chi connectivity index (χ2v) is 13.1. The zero-order chi connectivity index (χ0) is 28.5. The highest BCUT2D eigenvalue weighted by Crippen LogP contribution is 2.38. The third-order valence-corrected chi connectivity index (χ3v) is 8.05. The van der Waals surface area contributed by atoms with Crippen molar-refractivity contribution in [3.63, 3.8) is 0 Å². The number of nitrogens with zero attached hydrogens (tertiary/aromatic N) is 3. The summed E-state index contributed by atoms with van der Waals surface area (Å²) >= 11 is 1.72. The fraction of sp³-hybridized carbons (Fsp3) is 0.552. The molecule has 1 aliphatic heterocycles. The molecule has 3 rings (SSSR count). The number of aliphatic imine (C=N–C) groups is 1. The van der Waals surface area contributed by atoms with E-state index in [9.17, 15) is 18.0 Å². The van der Waals surface area contributed by atoms with Crippen molar-refractivity contribution >= 4 is 23.0 Å². The maximum atomic E-state index is 12.6. The minimum Gasteiger partial charge on any atom is -0.395 e. The molecule has 9 heteroatoms. The lowest BCUT2D eigenvalue weighted by molar-refractivity contribution is -0.130. The number of hydrogen-bond donors (Lipinski definition) is 1. The lowest BCUT2D eigenvalue weighted by Crippen LogP contribution is -2.39. The average molecular weight is 549 g/mol. The van der Waals surface area contributed by atoms with Gasteiger partial charge in [0.1, 0.15) is 17.2 Å².